The van der Waals surface area contributed by atoms with Gasteiger partial charge in [-0.05, 0) is 30.0 Å². The van der Waals surface area contributed by atoms with E-state index in [2.05, 4.69) is 0 Å². The SMILES string of the molecule is CC1(C)CC1C(=O)N(CC(=O)O)c1cccc(Cl)c1. The first kappa shape index (κ1) is 13.9. The summed E-state index contributed by atoms with van der Waals surface area (Å²) in [6.07, 6.45) is 0.794. The molecule has 1 aromatic rings. The van der Waals surface area contributed by atoms with Crippen LogP contribution >= 0.6 is 11.6 Å². The minimum absolute atomic E-state index is 0.0353. The van der Waals surface area contributed by atoms with Gasteiger partial charge in [0, 0.05) is 16.6 Å². The molecule has 1 aromatic carbocycles. The Morgan fingerprint density at radius 3 is 2.58 bits per heavy atom. The van der Waals surface area contributed by atoms with Crippen molar-refractivity contribution in [3.63, 3.8) is 0 Å². The molecule has 0 spiro atoms. The Balaban J connectivity index is 2.26. The summed E-state index contributed by atoms with van der Waals surface area (Å²) in [5, 5.41) is 9.45. The molecule has 1 amide bonds. The maximum atomic E-state index is 12.4. The highest BCUT2D eigenvalue weighted by Crippen LogP contribution is 2.52. The number of carboxylic acid groups (broad SMARTS) is 1. The zero-order valence-corrected chi connectivity index (χ0v) is 11.6. The lowest BCUT2D eigenvalue weighted by Gasteiger charge is -2.22. The van der Waals surface area contributed by atoms with Crippen molar-refractivity contribution in [1.82, 2.24) is 0 Å². The predicted octanol–water partition coefficient (Wildman–Crippen LogP) is 2.80. The van der Waals surface area contributed by atoms with Gasteiger partial charge in [0.15, 0.2) is 0 Å². The molecule has 0 aromatic heterocycles. The quantitative estimate of drug-likeness (QED) is 0.923. The van der Waals surface area contributed by atoms with Crippen LogP contribution in [0.3, 0.4) is 0 Å². The van der Waals surface area contributed by atoms with Crippen LogP contribution in [0.1, 0.15) is 20.3 Å². The van der Waals surface area contributed by atoms with Gasteiger partial charge in [-0.15, -0.1) is 0 Å². The van der Waals surface area contributed by atoms with E-state index < -0.39 is 5.97 Å². The number of halogens is 1. The molecule has 2 rings (SSSR count). The molecule has 5 heteroatoms. The fourth-order valence-electron chi connectivity index (χ4n) is 2.15. The first-order valence-electron chi connectivity index (χ1n) is 6.10. The first-order valence-corrected chi connectivity index (χ1v) is 6.48. The van der Waals surface area contributed by atoms with Crippen molar-refractivity contribution in [3.8, 4) is 0 Å². The van der Waals surface area contributed by atoms with E-state index >= 15 is 0 Å². The van der Waals surface area contributed by atoms with E-state index in [0.29, 0.717) is 10.7 Å². The van der Waals surface area contributed by atoms with Crippen LogP contribution in [-0.4, -0.2) is 23.5 Å². The Bertz CT molecular complexity index is 527. The topological polar surface area (TPSA) is 57.6 Å². The van der Waals surface area contributed by atoms with Gasteiger partial charge in [-0.1, -0.05) is 31.5 Å². The van der Waals surface area contributed by atoms with Crippen molar-refractivity contribution in [1.29, 1.82) is 0 Å². The zero-order valence-electron chi connectivity index (χ0n) is 10.9. The van der Waals surface area contributed by atoms with Crippen LogP contribution in [0.25, 0.3) is 0 Å². The molecule has 0 heterocycles. The normalized spacial score (nSPS) is 19.8. The molecule has 1 saturated carbocycles. The number of hydrogen-bond donors (Lipinski definition) is 1. The average Bonchev–Trinajstić information content (AvgIpc) is 2.94. The third-order valence-corrected chi connectivity index (χ3v) is 3.73. The smallest absolute Gasteiger partial charge is 0.323 e. The van der Waals surface area contributed by atoms with Crippen LogP contribution < -0.4 is 4.90 Å². The fourth-order valence-corrected chi connectivity index (χ4v) is 2.34. The monoisotopic (exact) mass is 281 g/mol. The van der Waals surface area contributed by atoms with E-state index in [4.69, 9.17) is 16.7 Å². The van der Waals surface area contributed by atoms with Crippen molar-refractivity contribution < 1.29 is 14.7 Å². The fraction of sp³-hybridized carbons (Fsp3) is 0.429. The Labute approximate surface area is 117 Å². The number of anilines is 1. The molecule has 4 nitrogen and oxygen atoms in total. The highest BCUT2D eigenvalue weighted by Gasteiger charge is 2.52. The number of carbonyl (C=O) groups excluding carboxylic acids is 1. The van der Waals surface area contributed by atoms with Gasteiger partial charge in [0.05, 0.1) is 0 Å². The Morgan fingerprint density at radius 2 is 2.11 bits per heavy atom. The minimum Gasteiger partial charge on any atom is -0.480 e. The summed E-state index contributed by atoms with van der Waals surface area (Å²) in [4.78, 5) is 24.6. The molecule has 1 unspecified atom stereocenters. The summed E-state index contributed by atoms with van der Waals surface area (Å²) in [5.41, 5.74) is 0.495. The molecule has 1 aliphatic carbocycles. The number of benzene rings is 1. The van der Waals surface area contributed by atoms with Crippen LogP contribution in [0.2, 0.25) is 5.02 Å². The van der Waals surface area contributed by atoms with Crippen molar-refractivity contribution >= 4 is 29.2 Å². The maximum absolute atomic E-state index is 12.4. The molecule has 0 bridgehead atoms. The predicted molar refractivity (Wildman–Crippen MR) is 73.3 cm³/mol. The summed E-state index contributed by atoms with van der Waals surface area (Å²) in [6.45, 7) is 3.67. The Morgan fingerprint density at radius 1 is 1.47 bits per heavy atom. The molecule has 102 valence electrons. The number of carbonyl (C=O) groups is 2. The second-order valence-corrected chi connectivity index (χ2v) is 5.98. The second kappa shape index (κ2) is 4.85. The first-order chi connectivity index (χ1) is 8.81. The van der Waals surface area contributed by atoms with Crippen LogP contribution in [0.4, 0.5) is 5.69 Å². The third-order valence-electron chi connectivity index (χ3n) is 3.49. The van der Waals surface area contributed by atoms with Crippen LogP contribution in [0.15, 0.2) is 24.3 Å². The standard InChI is InChI=1S/C14H16ClNO3/c1-14(2)7-11(14)13(19)16(8-12(17)18)10-5-3-4-9(15)6-10/h3-6,11H,7-8H2,1-2H3,(H,17,18). The lowest BCUT2D eigenvalue weighted by atomic mass is 10.1. The van der Waals surface area contributed by atoms with Crippen LogP contribution in [0.5, 0.6) is 0 Å². The van der Waals surface area contributed by atoms with E-state index in [-0.39, 0.29) is 23.8 Å². The second-order valence-electron chi connectivity index (χ2n) is 5.54. The number of hydrogen-bond acceptors (Lipinski definition) is 2. The molecule has 0 saturated heterocycles. The Hall–Kier alpha value is -1.55. The molecule has 1 N–H and O–H groups in total. The van der Waals surface area contributed by atoms with E-state index in [9.17, 15) is 9.59 Å². The average molecular weight is 282 g/mol. The van der Waals surface area contributed by atoms with E-state index in [1.54, 1.807) is 24.3 Å². The molecule has 0 radical (unpaired) electrons. The van der Waals surface area contributed by atoms with Crippen LogP contribution in [-0.2, 0) is 9.59 Å². The van der Waals surface area contributed by atoms with E-state index in [1.165, 1.54) is 4.90 Å². The summed E-state index contributed by atoms with van der Waals surface area (Å²) < 4.78 is 0. The third kappa shape index (κ3) is 3.07. The molecular weight excluding hydrogens is 266 g/mol. The van der Waals surface area contributed by atoms with Gasteiger partial charge >= 0.3 is 5.97 Å². The molecule has 1 aliphatic rings. The number of nitrogens with zero attached hydrogens (tertiary/aromatic N) is 1. The zero-order chi connectivity index (χ0) is 14.2. The van der Waals surface area contributed by atoms with Crippen molar-refractivity contribution in [2.75, 3.05) is 11.4 Å². The Kier molecular flexibility index (Phi) is 3.54. The number of carboxylic acids is 1. The van der Waals surface area contributed by atoms with Gasteiger partial charge in [0.2, 0.25) is 5.91 Å². The number of rotatable bonds is 4. The minimum atomic E-state index is -1.04. The van der Waals surface area contributed by atoms with Crippen LogP contribution in [0, 0.1) is 11.3 Å². The number of amides is 1. The summed E-state index contributed by atoms with van der Waals surface area (Å²) in [7, 11) is 0. The lowest BCUT2D eigenvalue weighted by molar-refractivity contribution is -0.136. The van der Waals surface area contributed by atoms with E-state index in [1.807, 2.05) is 13.8 Å². The molecule has 1 fully saturated rings. The van der Waals surface area contributed by atoms with Gasteiger partial charge in [-0.2, -0.15) is 0 Å². The molecular formula is C14H16ClNO3. The van der Waals surface area contributed by atoms with Gasteiger partial charge < -0.3 is 10.0 Å². The molecule has 0 aliphatic heterocycles. The number of aliphatic carboxylic acids is 1. The van der Waals surface area contributed by atoms with E-state index in [0.717, 1.165) is 6.42 Å². The summed E-state index contributed by atoms with van der Waals surface area (Å²) >= 11 is 5.90. The van der Waals surface area contributed by atoms with Crippen molar-refractivity contribution in [2.24, 2.45) is 11.3 Å². The van der Waals surface area contributed by atoms with Gasteiger partial charge in [-0.3, -0.25) is 9.59 Å². The lowest BCUT2D eigenvalue weighted by Crippen LogP contribution is -2.37. The van der Waals surface area contributed by atoms with Crippen molar-refractivity contribution in [3.05, 3.63) is 29.3 Å². The van der Waals surface area contributed by atoms with Gasteiger partial charge in [0.1, 0.15) is 6.54 Å². The molecule has 1 atom stereocenters. The van der Waals surface area contributed by atoms with Gasteiger partial charge in [-0.25, -0.2) is 0 Å². The maximum Gasteiger partial charge on any atom is 0.323 e. The van der Waals surface area contributed by atoms with Crippen molar-refractivity contribution in [2.45, 2.75) is 20.3 Å². The largest absolute Gasteiger partial charge is 0.480 e. The summed E-state index contributed by atoms with van der Waals surface area (Å²) in [5.74, 6) is -1.28. The summed E-state index contributed by atoms with van der Waals surface area (Å²) in [6, 6.07) is 6.70. The molecule has 19 heavy (non-hydrogen) atoms. The highest BCUT2D eigenvalue weighted by atomic mass is 35.5. The van der Waals surface area contributed by atoms with Gasteiger partial charge in [0.25, 0.3) is 0 Å². The highest BCUT2D eigenvalue weighted by molar-refractivity contribution is 6.31.